The van der Waals surface area contributed by atoms with E-state index in [4.69, 9.17) is 9.47 Å². The van der Waals surface area contributed by atoms with Crippen molar-refractivity contribution in [1.82, 2.24) is 14.5 Å². The van der Waals surface area contributed by atoms with Crippen molar-refractivity contribution in [2.75, 3.05) is 49.6 Å². The fraction of sp³-hybridized carbons (Fsp3) is 0.400. The summed E-state index contributed by atoms with van der Waals surface area (Å²) in [5.41, 5.74) is 0.909. The maximum atomic E-state index is 16.0. The summed E-state index contributed by atoms with van der Waals surface area (Å²) in [6.07, 6.45) is -1.33. The van der Waals surface area contributed by atoms with Gasteiger partial charge >= 0.3 is 11.8 Å². The first-order chi connectivity index (χ1) is 23.0. The summed E-state index contributed by atoms with van der Waals surface area (Å²) in [6.45, 7) is 4.16. The van der Waals surface area contributed by atoms with Crippen LogP contribution >= 0.6 is 0 Å². The fourth-order valence-electron chi connectivity index (χ4n) is 6.48. The minimum Gasteiger partial charge on any atom is -0.487 e. The van der Waals surface area contributed by atoms with Crippen LogP contribution in [-0.2, 0) is 24.3 Å². The van der Waals surface area contributed by atoms with Crippen LogP contribution in [0.1, 0.15) is 42.5 Å². The van der Waals surface area contributed by atoms with Gasteiger partial charge < -0.3 is 29.7 Å². The van der Waals surface area contributed by atoms with E-state index in [1.54, 1.807) is 14.0 Å². The van der Waals surface area contributed by atoms with Gasteiger partial charge in [0.2, 0.25) is 0 Å². The second kappa shape index (κ2) is 13.8. The second-order valence-corrected chi connectivity index (χ2v) is 12.3. The Morgan fingerprint density at radius 2 is 1.79 bits per heavy atom. The molecule has 1 atom stereocenters. The van der Waals surface area contributed by atoms with Gasteiger partial charge in [0.15, 0.2) is 0 Å². The van der Waals surface area contributed by atoms with Gasteiger partial charge in [-0.2, -0.15) is 4.98 Å². The summed E-state index contributed by atoms with van der Waals surface area (Å²) in [4.78, 5) is 32.0. The molecule has 1 amide bonds. The Hall–Kier alpha value is -4.78. The van der Waals surface area contributed by atoms with Crippen molar-refractivity contribution in [3.63, 3.8) is 0 Å². The van der Waals surface area contributed by atoms with Crippen molar-refractivity contribution in [3.8, 4) is 5.75 Å². The number of carbonyl (C=O) groups is 1. The molecule has 6 rings (SSSR count). The van der Waals surface area contributed by atoms with E-state index < -0.39 is 41.0 Å². The SMILES string of the molecule is C[C@@H](Nc1nc(=O)n(C)c2c(OCc3ccccc3)cc(N3CCOCC3)cc12)c1cccc(C(F)(F)C2CCN(C(=O)O)CC2)c1F. The quantitative estimate of drug-likeness (QED) is 0.220. The van der Waals surface area contributed by atoms with Crippen LogP contribution in [0.2, 0.25) is 0 Å². The Bertz CT molecular complexity index is 1840. The molecule has 0 saturated carbocycles. The number of halogens is 3. The summed E-state index contributed by atoms with van der Waals surface area (Å²) in [6, 6.07) is 16.4. The summed E-state index contributed by atoms with van der Waals surface area (Å²) in [5, 5.41) is 12.9. The third-order valence-electron chi connectivity index (χ3n) is 9.24. The minimum absolute atomic E-state index is 0.0179. The molecule has 13 heteroatoms. The zero-order valence-corrected chi connectivity index (χ0v) is 26.8. The number of nitrogens with one attached hydrogen (secondary N) is 1. The number of carboxylic acid groups (broad SMARTS) is 1. The van der Waals surface area contributed by atoms with E-state index in [0.29, 0.717) is 43.0 Å². The lowest BCUT2D eigenvalue weighted by atomic mass is 9.85. The highest BCUT2D eigenvalue weighted by Gasteiger charge is 2.45. The summed E-state index contributed by atoms with van der Waals surface area (Å²) in [5.74, 6) is -5.17. The predicted octanol–water partition coefficient (Wildman–Crippen LogP) is 6.14. The first kappa shape index (κ1) is 33.1. The van der Waals surface area contributed by atoms with Crippen molar-refractivity contribution in [3.05, 3.63) is 93.7 Å². The first-order valence-corrected chi connectivity index (χ1v) is 16.0. The van der Waals surface area contributed by atoms with Crippen molar-refractivity contribution < 1.29 is 32.5 Å². The number of alkyl halides is 2. The van der Waals surface area contributed by atoms with Gasteiger partial charge in [0.1, 0.15) is 24.0 Å². The highest BCUT2D eigenvalue weighted by molar-refractivity contribution is 5.96. The van der Waals surface area contributed by atoms with E-state index in [1.165, 1.54) is 16.7 Å². The zero-order valence-electron chi connectivity index (χ0n) is 26.8. The molecule has 0 spiro atoms. The Morgan fingerprint density at radius 3 is 2.48 bits per heavy atom. The van der Waals surface area contributed by atoms with Gasteiger partial charge in [-0.1, -0.05) is 48.5 Å². The van der Waals surface area contributed by atoms with Crippen LogP contribution in [0, 0.1) is 11.7 Å². The molecule has 2 aliphatic rings. The number of piperidine rings is 1. The summed E-state index contributed by atoms with van der Waals surface area (Å²) < 4.78 is 60.8. The summed E-state index contributed by atoms with van der Waals surface area (Å²) >= 11 is 0. The molecule has 10 nitrogen and oxygen atoms in total. The lowest BCUT2D eigenvalue weighted by molar-refractivity contribution is -0.0861. The Kier molecular flexibility index (Phi) is 9.49. The Balaban J connectivity index is 1.35. The van der Waals surface area contributed by atoms with Crippen LogP contribution < -0.4 is 20.6 Å². The van der Waals surface area contributed by atoms with Crippen LogP contribution in [0.25, 0.3) is 10.9 Å². The van der Waals surface area contributed by atoms with E-state index in [0.717, 1.165) is 22.2 Å². The number of amides is 1. The van der Waals surface area contributed by atoms with Crippen molar-refractivity contribution >= 4 is 28.5 Å². The van der Waals surface area contributed by atoms with E-state index >= 15 is 13.2 Å². The van der Waals surface area contributed by atoms with Crippen LogP contribution in [0.4, 0.5) is 29.5 Å². The number of morpholine rings is 1. The van der Waals surface area contributed by atoms with Gasteiger partial charge in [-0.3, -0.25) is 4.57 Å². The van der Waals surface area contributed by atoms with E-state index in [-0.39, 0.29) is 43.9 Å². The first-order valence-electron chi connectivity index (χ1n) is 16.0. The molecular formula is C35H38F3N5O5. The van der Waals surface area contributed by atoms with E-state index in [1.807, 2.05) is 42.5 Å². The molecule has 3 heterocycles. The van der Waals surface area contributed by atoms with Crippen molar-refractivity contribution in [2.24, 2.45) is 13.0 Å². The smallest absolute Gasteiger partial charge is 0.407 e. The highest BCUT2D eigenvalue weighted by Crippen LogP contribution is 2.44. The molecule has 0 radical (unpaired) electrons. The average Bonchev–Trinajstić information content (AvgIpc) is 3.10. The molecule has 0 unspecified atom stereocenters. The number of likely N-dealkylation sites (tertiary alicyclic amines) is 1. The largest absolute Gasteiger partial charge is 0.487 e. The van der Waals surface area contributed by atoms with Gasteiger partial charge in [0.25, 0.3) is 5.92 Å². The molecule has 254 valence electrons. The van der Waals surface area contributed by atoms with Crippen LogP contribution in [-0.4, -0.2) is 65.0 Å². The maximum absolute atomic E-state index is 16.0. The van der Waals surface area contributed by atoms with Gasteiger partial charge in [0, 0.05) is 61.8 Å². The molecule has 4 aromatic rings. The Morgan fingerprint density at radius 1 is 1.08 bits per heavy atom. The molecule has 2 fully saturated rings. The lowest BCUT2D eigenvalue weighted by Crippen LogP contribution is -2.42. The van der Waals surface area contributed by atoms with Crippen molar-refractivity contribution in [2.45, 2.75) is 38.3 Å². The monoisotopic (exact) mass is 665 g/mol. The Labute approximate surface area is 275 Å². The number of ether oxygens (including phenoxy) is 2. The number of nitrogens with zero attached hydrogens (tertiary/aromatic N) is 4. The molecular weight excluding hydrogens is 627 g/mol. The van der Waals surface area contributed by atoms with E-state index in [9.17, 15) is 14.7 Å². The predicted molar refractivity (Wildman–Crippen MR) is 175 cm³/mol. The normalized spacial score (nSPS) is 16.6. The topological polar surface area (TPSA) is 109 Å². The molecule has 2 saturated heterocycles. The molecule has 48 heavy (non-hydrogen) atoms. The van der Waals surface area contributed by atoms with Crippen molar-refractivity contribution in [1.29, 1.82) is 0 Å². The average molecular weight is 666 g/mol. The molecule has 0 aliphatic carbocycles. The third kappa shape index (κ3) is 6.64. The van der Waals surface area contributed by atoms with Crippen LogP contribution in [0.3, 0.4) is 0 Å². The second-order valence-electron chi connectivity index (χ2n) is 12.3. The van der Waals surface area contributed by atoms with Gasteiger partial charge in [-0.05, 0) is 31.4 Å². The van der Waals surface area contributed by atoms with Crippen LogP contribution in [0.5, 0.6) is 5.75 Å². The molecule has 2 N–H and O–H groups in total. The lowest BCUT2D eigenvalue weighted by Gasteiger charge is -2.35. The summed E-state index contributed by atoms with van der Waals surface area (Å²) in [7, 11) is 1.60. The number of fused-ring (bicyclic) bond motifs is 1. The molecule has 3 aromatic carbocycles. The van der Waals surface area contributed by atoms with Gasteiger partial charge in [-0.15, -0.1) is 0 Å². The molecule has 1 aromatic heterocycles. The van der Waals surface area contributed by atoms with Gasteiger partial charge in [-0.25, -0.2) is 22.8 Å². The number of hydrogen-bond donors (Lipinski definition) is 2. The highest BCUT2D eigenvalue weighted by atomic mass is 19.3. The number of hydrogen-bond acceptors (Lipinski definition) is 7. The number of aromatic nitrogens is 2. The number of benzene rings is 3. The van der Waals surface area contributed by atoms with Crippen LogP contribution in [0.15, 0.2) is 65.5 Å². The van der Waals surface area contributed by atoms with E-state index in [2.05, 4.69) is 15.2 Å². The number of rotatable bonds is 9. The maximum Gasteiger partial charge on any atom is 0.407 e. The standard InChI is InChI=1S/C35H38F3N5O5/c1-22(26-9-6-10-28(30(26)36)35(37,38)24-11-13-43(14-12-24)34(45)46)39-32-27-19-25(42-15-17-47-18-16-42)20-29(31(27)41(2)33(44)40-32)48-21-23-7-4-3-5-8-23/h3-10,19-20,22,24H,11-18,21H2,1-2H3,(H,45,46)(H,39,40,44)/t22-/m1/s1. The number of anilines is 2. The zero-order chi connectivity index (χ0) is 34.0. The molecule has 0 bridgehead atoms. The fourth-order valence-corrected chi connectivity index (χ4v) is 6.48. The molecule has 2 aliphatic heterocycles. The minimum atomic E-state index is -3.52. The van der Waals surface area contributed by atoms with Gasteiger partial charge in [0.05, 0.1) is 30.3 Å². The number of aryl methyl sites for hydroxylation is 1. The third-order valence-corrected chi connectivity index (χ3v) is 9.24.